The van der Waals surface area contributed by atoms with Gasteiger partial charge in [0.1, 0.15) is 0 Å². The minimum absolute atomic E-state index is 0.289. The zero-order valence-electron chi connectivity index (χ0n) is 11.9. The standard InChI is InChI=1S/C17H18Cl2IN/c1-2-8-21-17(13-4-3-5-14(20)11-13)10-12-6-7-15(18)16(19)9-12/h3-7,9,11,17,21H,2,8,10H2,1H3. The Morgan fingerprint density at radius 2 is 1.90 bits per heavy atom. The number of nitrogens with one attached hydrogen (secondary N) is 1. The first-order valence-electron chi connectivity index (χ1n) is 7.03. The molecule has 112 valence electrons. The van der Waals surface area contributed by atoms with Crippen molar-refractivity contribution in [1.82, 2.24) is 5.32 Å². The Morgan fingerprint density at radius 1 is 1.10 bits per heavy atom. The Morgan fingerprint density at radius 3 is 2.57 bits per heavy atom. The molecule has 4 heteroatoms. The van der Waals surface area contributed by atoms with E-state index in [0.717, 1.165) is 19.4 Å². The number of benzene rings is 2. The predicted molar refractivity (Wildman–Crippen MR) is 100 cm³/mol. The minimum atomic E-state index is 0.289. The van der Waals surface area contributed by atoms with Crippen molar-refractivity contribution in [1.29, 1.82) is 0 Å². The molecule has 2 aromatic carbocycles. The van der Waals surface area contributed by atoms with Crippen LogP contribution in [-0.4, -0.2) is 6.54 Å². The molecule has 0 amide bonds. The summed E-state index contributed by atoms with van der Waals surface area (Å²) in [6.45, 7) is 3.18. The van der Waals surface area contributed by atoms with Crippen LogP contribution < -0.4 is 5.32 Å². The lowest BCUT2D eigenvalue weighted by Gasteiger charge is -2.20. The first kappa shape index (κ1) is 17.1. The zero-order chi connectivity index (χ0) is 15.2. The molecule has 1 N–H and O–H groups in total. The molecule has 0 aromatic heterocycles. The second-order valence-electron chi connectivity index (χ2n) is 5.01. The largest absolute Gasteiger partial charge is 0.310 e. The van der Waals surface area contributed by atoms with Crippen molar-refractivity contribution >= 4 is 45.8 Å². The van der Waals surface area contributed by atoms with Crippen LogP contribution >= 0.6 is 45.8 Å². The van der Waals surface area contributed by atoms with Crippen molar-refractivity contribution in [2.45, 2.75) is 25.8 Å². The number of hydrogen-bond donors (Lipinski definition) is 1. The summed E-state index contributed by atoms with van der Waals surface area (Å²) in [7, 11) is 0. The summed E-state index contributed by atoms with van der Waals surface area (Å²) < 4.78 is 1.25. The third-order valence-corrected chi connectivity index (χ3v) is 4.73. The van der Waals surface area contributed by atoms with E-state index in [9.17, 15) is 0 Å². The average Bonchev–Trinajstić information content (AvgIpc) is 2.47. The van der Waals surface area contributed by atoms with Gasteiger partial charge < -0.3 is 5.32 Å². The summed E-state index contributed by atoms with van der Waals surface area (Å²) in [5, 5.41) is 4.84. The normalized spacial score (nSPS) is 12.4. The second kappa shape index (κ2) is 8.37. The van der Waals surface area contributed by atoms with Gasteiger partial charge in [-0.2, -0.15) is 0 Å². The molecule has 21 heavy (non-hydrogen) atoms. The van der Waals surface area contributed by atoms with E-state index in [1.807, 2.05) is 18.2 Å². The topological polar surface area (TPSA) is 12.0 Å². The fraction of sp³-hybridized carbons (Fsp3) is 0.294. The molecule has 1 atom stereocenters. The first-order chi connectivity index (χ1) is 10.1. The van der Waals surface area contributed by atoms with Gasteiger partial charge in [-0.15, -0.1) is 0 Å². The van der Waals surface area contributed by atoms with Gasteiger partial charge >= 0.3 is 0 Å². The Hall–Kier alpha value is -0.290. The molecule has 0 spiro atoms. The van der Waals surface area contributed by atoms with E-state index in [0.29, 0.717) is 10.0 Å². The van der Waals surface area contributed by atoms with Crippen molar-refractivity contribution in [3.63, 3.8) is 0 Å². The van der Waals surface area contributed by atoms with E-state index in [1.54, 1.807) is 0 Å². The second-order valence-corrected chi connectivity index (χ2v) is 7.07. The lowest BCUT2D eigenvalue weighted by molar-refractivity contribution is 0.529. The molecule has 0 saturated heterocycles. The summed E-state index contributed by atoms with van der Waals surface area (Å²) in [4.78, 5) is 0. The average molecular weight is 434 g/mol. The van der Waals surface area contributed by atoms with Gasteiger partial charge in [-0.3, -0.25) is 0 Å². The van der Waals surface area contributed by atoms with Crippen LogP contribution in [0.1, 0.15) is 30.5 Å². The Labute approximate surface area is 150 Å². The van der Waals surface area contributed by atoms with Gasteiger partial charge in [0.15, 0.2) is 0 Å². The van der Waals surface area contributed by atoms with E-state index in [1.165, 1.54) is 14.7 Å². The smallest absolute Gasteiger partial charge is 0.0595 e. The van der Waals surface area contributed by atoms with Crippen LogP contribution in [-0.2, 0) is 6.42 Å². The Balaban J connectivity index is 2.21. The molecule has 2 aromatic rings. The molecule has 0 radical (unpaired) electrons. The Kier molecular flexibility index (Phi) is 6.80. The molecule has 0 saturated carbocycles. The van der Waals surface area contributed by atoms with Gasteiger partial charge in [-0.1, -0.05) is 48.3 Å². The van der Waals surface area contributed by atoms with Crippen LogP contribution in [0.3, 0.4) is 0 Å². The quantitative estimate of drug-likeness (QED) is 0.560. The van der Waals surface area contributed by atoms with Crippen molar-refractivity contribution in [3.05, 3.63) is 67.2 Å². The highest BCUT2D eigenvalue weighted by molar-refractivity contribution is 14.1. The number of halogens is 3. The van der Waals surface area contributed by atoms with Crippen LogP contribution in [0.15, 0.2) is 42.5 Å². The molecular weight excluding hydrogens is 416 g/mol. The number of hydrogen-bond acceptors (Lipinski definition) is 1. The summed E-state index contributed by atoms with van der Waals surface area (Å²) in [5.74, 6) is 0. The van der Waals surface area contributed by atoms with Crippen molar-refractivity contribution in [3.8, 4) is 0 Å². The first-order valence-corrected chi connectivity index (χ1v) is 8.86. The molecule has 0 fully saturated rings. The fourth-order valence-electron chi connectivity index (χ4n) is 2.25. The monoisotopic (exact) mass is 433 g/mol. The summed E-state index contributed by atoms with van der Waals surface area (Å²) >= 11 is 14.5. The van der Waals surface area contributed by atoms with Gasteiger partial charge in [-0.05, 0) is 77.4 Å². The molecular formula is C17H18Cl2IN. The van der Waals surface area contributed by atoms with E-state index >= 15 is 0 Å². The maximum atomic E-state index is 6.12. The zero-order valence-corrected chi connectivity index (χ0v) is 15.5. The lowest BCUT2D eigenvalue weighted by Crippen LogP contribution is -2.24. The van der Waals surface area contributed by atoms with Crippen LogP contribution in [0.25, 0.3) is 0 Å². The molecule has 2 rings (SSSR count). The third-order valence-electron chi connectivity index (χ3n) is 3.32. The highest BCUT2D eigenvalue weighted by atomic mass is 127. The van der Waals surface area contributed by atoms with Crippen molar-refractivity contribution < 1.29 is 0 Å². The van der Waals surface area contributed by atoms with E-state index < -0.39 is 0 Å². The summed E-state index contributed by atoms with van der Waals surface area (Å²) in [5.41, 5.74) is 2.50. The van der Waals surface area contributed by atoms with Gasteiger partial charge in [-0.25, -0.2) is 0 Å². The molecule has 0 bridgehead atoms. The maximum absolute atomic E-state index is 6.12. The van der Waals surface area contributed by atoms with Crippen LogP contribution in [0, 0.1) is 3.57 Å². The van der Waals surface area contributed by atoms with Gasteiger partial charge in [0.05, 0.1) is 10.0 Å². The summed E-state index contributed by atoms with van der Waals surface area (Å²) in [6.07, 6.45) is 2.01. The van der Waals surface area contributed by atoms with Gasteiger partial charge in [0, 0.05) is 9.61 Å². The molecule has 0 aliphatic heterocycles. The molecule has 1 nitrogen and oxygen atoms in total. The Bertz CT molecular complexity index is 601. The SMILES string of the molecule is CCCNC(Cc1ccc(Cl)c(Cl)c1)c1cccc(I)c1. The van der Waals surface area contributed by atoms with E-state index in [4.69, 9.17) is 23.2 Å². The van der Waals surface area contributed by atoms with Gasteiger partial charge in [0.2, 0.25) is 0 Å². The van der Waals surface area contributed by atoms with Crippen LogP contribution in [0.4, 0.5) is 0 Å². The van der Waals surface area contributed by atoms with E-state index in [-0.39, 0.29) is 6.04 Å². The van der Waals surface area contributed by atoms with Crippen molar-refractivity contribution in [2.24, 2.45) is 0 Å². The van der Waals surface area contributed by atoms with Gasteiger partial charge in [0.25, 0.3) is 0 Å². The molecule has 0 aliphatic carbocycles. The lowest BCUT2D eigenvalue weighted by atomic mass is 9.99. The predicted octanol–water partition coefficient (Wildman–Crippen LogP) is 5.88. The minimum Gasteiger partial charge on any atom is -0.310 e. The molecule has 0 heterocycles. The fourth-order valence-corrected chi connectivity index (χ4v) is 3.14. The maximum Gasteiger partial charge on any atom is 0.0595 e. The third kappa shape index (κ3) is 5.13. The molecule has 1 unspecified atom stereocenters. The highest BCUT2D eigenvalue weighted by Crippen LogP contribution is 2.26. The van der Waals surface area contributed by atoms with Crippen LogP contribution in [0.2, 0.25) is 10.0 Å². The summed E-state index contributed by atoms with van der Waals surface area (Å²) in [6, 6.07) is 14.8. The number of rotatable bonds is 6. The highest BCUT2D eigenvalue weighted by Gasteiger charge is 2.12. The van der Waals surface area contributed by atoms with E-state index in [2.05, 4.69) is 59.1 Å². The molecule has 0 aliphatic rings. The van der Waals surface area contributed by atoms with Crippen LogP contribution in [0.5, 0.6) is 0 Å². The van der Waals surface area contributed by atoms with Crippen molar-refractivity contribution in [2.75, 3.05) is 6.54 Å².